The number of ketones is 1. The van der Waals surface area contributed by atoms with E-state index in [-0.39, 0.29) is 17.3 Å². The number of carbonyl (C=O) groups excluding carboxylic acids is 1. The molecule has 0 aliphatic heterocycles. The zero-order valence-corrected chi connectivity index (χ0v) is 12.9. The van der Waals surface area contributed by atoms with Crippen molar-refractivity contribution in [1.29, 1.82) is 0 Å². The first kappa shape index (κ1) is 15.9. The van der Waals surface area contributed by atoms with Gasteiger partial charge in [0.1, 0.15) is 9.84 Å². The second-order valence-electron chi connectivity index (χ2n) is 5.04. The highest BCUT2D eigenvalue weighted by atomic mass is 32.2. The highest BCUT2D eigenvalue weighted by molar-refractivity contribution is 7.91. The lowest BCUT2D eigenvalue weighted by Crippen LogP contribution is -2.11. The number of hydrogen-bond donors (Lipinski definition) is 0. The molecule has 0 aromatic heterocycles. The quantitative estimate of drug-likeness (QED) is 0.754. The van der Waals surface area contributed by atoms with Crippen molar-refractivity contribution in [1.82, 2.24) is 0 Å². The van der Waals surface area contributed by atoms with Crippen LogP contribution in [0.4, 0.5) is 0 Å². The highest BCUT2D eigenvalue weighted by Crippen LogP contribution is 2.19. The van der Waals surface area contributed by atoms with Crippen LogP contribution >= 0.6 is 0 Å². The summed E-state index contributed by atoms with van der Waals surface area (Å²) in [6.45, 7) is 7.49. The van der Waals surface area contributed by atoms with Gasteiger partial charge in [0.15, 0.2) is 5.78 Å². The largest absolute Gasteiger partial charge is 0.294 e. The Balaban J connectivity index is 2.75. The molecule has 1 rings (SSSR count). The molecule has 0 atom stereocenters. The summed E-state index contributed by atoms with van der Waals surface area (Å²) in [6, 6.07) is 3.98. The smallest absolute Gasteiger partial charge is 0.163 e. The van der Waals surface area contributed by atoms with Crippen molar-refractivity contribution in [3.63, 3.8) is 0 Å². The fourth-order valence-electron chi connectivity index (χ4n) is 2.34. The molecule has 1 aromatic carbocycles. The maximum Gasteiger partial charge on any atom is 0.163 e. The molecular formula is C15H22O3S. The molecular weight excluding hydrogens is 260 g/mol. The third-order valence-electron chi connectivity index (χ3n) is 3.25. The summed E-state index contributed by atoms with van der Waals surface area (Å²) in [4.78, 5) is 12.2. The van der Waals surface area contributed by atoms with Gasteiger partial charge in [-0.2, -0.15) is 0 Å². The Hall–Kier alpha value is -1.16. The van der Waals surface area contributed by atoms with Gasteiger partial charge in [0.25, 0.3) is 0 Å². The molecule has 0 unspecified atom stereocenters. The van der Waals surface area contributed by atoms with E-state index in [2.05, 4.69) is 0 Å². The Labute approximate surface area is 116 Å². The van der Waals surface area contributed by atoms with Crippen molar-refractivity contribution in [2.24, 2.45) is 0 Å². The van der Waals surface area contributed by atoms with Crippen molar-refractivity contribution in [3.8, 4) is 0 Å². The van der Waals surface area contributed by atoms with Crippen LogP contribution in [-0.2, 0) is 9.84 Å². The number of sulfone groups is 1. The molecule has 0 aliphatic carbocycles. The maximum atomic E-state index is 12.2. The van der Waals surface area contributed by atoms with E-state index in [1.807, 2.05) is 32.9 Å². The van der Waals surface area contributed by atoms with Crippen molar-refractivity contribution >= 4 is 15.6 Å². The van der Waals surface area contributed by atoms with Crippen molar-refractivity contribution < 1.29 is 13.2 Å². The number of benzene rings is 1. The highest BCUT2D eigenvalue weighted by Gasteiger charge is 2.14. The van der Waals surface area contributed by atoms with Crippen LogP contribution in [0.25, 0.3) is 0 Å². The molecule has 0 bridgehead atoms. The van der Waals surface area contributed by atoms with Crippen LogP contribution in [0.3, 0.4) is 0 Å². The van der Waals surface area contributed by atoms with Gasteiger partial charge in [-0.05, 0) is 38.3 Å². The summed E-state index contributed by atoms with van der Waals surface area (Å²) in [7, 11) is -2.98. The monoisotopic (exact) mass is 282 g/mol. The lowest BCUT2D eigenvalue weighted by Gasteiger charge is -2.10. The van der Waals surface area contributed by atoms with Gasteiger partial charge in [0, 0.05) is 17.7 Å². The average Bonchev–Trinajstić information content (AvgIpc) is 2.27. The van der Waals surface area contributed by atoms with E-state index < -0.39 is 9.84 Å². The van der Waals surface area contributed by atoms with Gasteiger partial charge >= 0.3 is 0 Å². The second kappa shape index (κ2) is 6.33. The SMILES string of the molecule is CCS(=O)(=O)CCCC(=O)c1c(C)cc(C)cc1C. The predicted octanol–water partition coefficient (Wildman–Crippen LogP) is 3.01. The Morgan fingerprint density at radius 2 is 1.63 bits per heavy atom. The molecule has 19 heavy (non-hydrogen) atoms. The van der Waals surface area contributed by atoms with Gasteiger partial charge < -0.3 is 0 Å². The van der Waals surface area contributed by atoms with Crippen LogP contribution in [-0.4, -0.2) is 25.7 Å². The first-order valence-electron chi connectivity index (χ1n) is 6.58. The average molecular weight is 282 g/mol. The molecule has 106 valence electrons. The van der Waals surface area contributed by atoms with Crippen LogP contribution < -0.4 is 0 Å². The molecule has 0 saturated carbocycles. The fraction of sp³-hybridized carbons (Fsp3) is 0.533. The number of Topliss-reactive ketones (excluding diaryl/α,β-unsaturated/α-hetero) is 1. The minimum Gasteiger partial charge on any atom is -0.294 e. The maximum absolute atomic E-state index is 12.2. The Morgan fingerprint density at radius 3 is 2.11 bits per heavy atom. The first-order valence-corrected chi connectivity index (χ1v) is 8.40. The molecule has 0 amide bonds. The molecule has 0 N–H and O–H groups in total. The first-order chi connectivity index (χ1) is 8.76. The zero-order chi connectivity index (χ0) is 14.6. The van der Waals surface area contributed by atoms with Crippen LogP contribution in [0.1, 0.15) is 46.8 Å². The van der Waals surface area contributed by atoms with E-state index in [4.69, 9.17) is 0 Å². The van der Waals surface area contributed by atoms with Crippen LogP contribution in [0.15, 0.2) is 12.1 Å². The van der Waals surface area contributed by atoms with Gasteiger partial charge in [-0.25, -0.2) is 8.42 Å². The summed E-state index contributed by atoms with van der Waals surface area (Å²) >= 11 is 0. The Bertz CT molecular complexity index is 548. The van der Waals surface area contributed by atoms with Crippen LogP contribution in [0, 0.1) is 20.8 Å². The molecule has 0 radical (unpaired) electrons. The Kier molecular flexibility index (Phi) is 5.29. The fourth-order valence-corrected chi connectivity index (χ4v) is 3.21. The molecule has 0 saturated heterocycles. The summed E-state index contributed by atoms with van der Waals surface area (Å²) in [5.41, 5.74) is 3.83. The standard InChI is InChI=1S/C15H22O3S/c1-5-19(17,18)8-6-7-14(16)15-12(3)9-11(2)10-13(15)4/h9-10H,5-8H2,1-4H3. The second-order valence-corrected chi connectivity index (χ2v) is 7.51. The topological polar surface area (TPSA) is 51.2 Å². The van der Waals surface area contributed by atoms with Crippen LogP contribution in [0.2, 0.25) is 0 Å². The van der Waals surface area contributed by atoms with Crippen molar-refractivity contribution in [3.05, 3.63) is 34.4 Å². The molecule has 0 aliphatic rings. The van der Waals surface area contributed by atoms with Gasteiger partial charge in [0.05, 0.1) is 5.75 Å². The molecule has 0 fully saturated rings. The van der Waals surface area contributed by atoms with Gasteiger partial charge in [-0.15, -0.1) is 0 Å². The van der Waals surface area contributed by atoms with E-state index in [0.29, 0.717) is 12.8 Å². The van der Waals surface area contributed by atoms with E-state index >= 15 is 0 Å². The van der Waals surface area contributed by atoms with E-state index in [1.165, 1.54) is 0 Å². The van der Waals surface area contributed by atoms with Gasteiger partial charge in [-0.3, -0.25) is 4.79 Å². The third-order valence-corrected chi connectivity index (χ3v) is 5.05. The lowest BCUT2D eigenvalue weighted by molar-refractivity contribution is 0.0981. The molecule has 3 nitrogen and oxygen atoms in total. The normalized spacial score (nSPS) is 11.6. The summed E-state index contributed by atoms with van der Waals surface area (Å²) in [6.07, 6.45) is 0.700. The summed E-state index contributed by atoms with van der Waals surface area (Å²) < 4.78 is 22.8. The van der Waals surface area contributed by atoms with E-state index in [1.54, 1.807) is 6.92 Å². The number of hydrogen-bond acceptors (Lipinski definition) is 3. The molecule has 0 spiro atoms. The van der Waals surface area contributed by atoms with E-state index in [0.717, 1.165) is 22.3 Å². The number of rotatable bonds is 6. The van der Waals surface area contributed by atoms with E-state index in [9.17, 15) is 13.2 Å². The molecule has 0 heterocycles. The lowest BCUT2D eigenvalue weighted by atomic mass is 9.95. The third kappa shape index (κ3) is 4.46. The summed E-state index contributed by atoms with van der Waals surface area (Å²) in [5.74, 6) is 0.282. The minimum atomic E-state index is -2.98. The molecule has 1 aromatic rings. The number of carbonyl (C=O) groups is 1. The Morgan fingerprint density at radius 1 is 1.11 bits per heavy atom. The van der Waals surface area contributed by atoms with Crippen molar-refractivity contribution in [2.45, 2.75) is 40.5 Å². The zero-order valence-electron chi connectivity index (χ0n) is 12.1. The van der Waals surface area contributed by atoms with Gasteiger partial charge in [0.2, 0.25) is 0 Å². The van der Waals surface area contributed by atoms with Gasteiger partial charge in [-0.1, -0.05) is 24.6 Å². The minimum absolute atomic E-state index is 0.0429. The van der Waals surface area contributed by atoms with Crippen LogP contribution in [0.5, 0.6) is 0 Å². The number of aryl methyl sites for hydroxylation is 3. The van der Waals surface area contributed by atoms with Crippen molar-refractivity contribution in [2.75, 3.05) is 11.5 Å². The predicted molar refractivity (Wildman–Crippen MR) is 78.5 cm³/mol. The summed E-state index contributed by atoms with van der Waals surface area (Å²) in [5, 5.41) is 0. The molecule has 4 heteroatoms.